The molecule has 7 nitrogen and oxygen atoms in total. The van der Waals surface area contributed by atoms with Crippen molar-refractivity contribution < 1.29 is 23.8 Å². The number of carbonyl (C=O) groups excluding carboxylic acids is 2. The first kappa shape index (κ1) is 26.5. The number of carbonyl (C=O) groups is 2. The maximum Gasteiger partial charge on any atom is 0.301 e. The quantitative estimate of drug-likeness (QED) is 0.0888. The summed E-state index contributed by atoms with van der Waals surface area (Å²) in [5.41, 5.74) is 2.71. The van der Waals surface area contributed by atoms with Crippen molar-refractivity contribution in [3.05, 3.63) is 105 Å². The maximum absolute atomic E-state index is 13.5. The molecule has 0 radical (unpaired) electrons. The lowest BCUT2D eigenvalue weighted by Crippen LogP contribution is -2.29. The van der Waals surface area contributed by atoms with Crippen molar-refractivity contribution in [3.63, 3.8) is 0 Å². The lowest BCUT2D eigenvalue weighted by molar-refractivity contribution is -0.132. The lowest BCUT2D eigenvalue weighted by atomic mass is 9.94. The van der Waals surface area contributed by atoms with E-state index in [1.165, 1.54) is 28.8 Å². The molecule has 0 unspecified atom stereocenters. The first-order valence-corrected chi connectivity index (χ1v) is 14.5. The van der Waals surface area contributed by atoms with Crippen LogP contribution in [0, 0.1) is 5.82 Å². The van der Waals surface area contributed by atoms with Gasteiger partial charge in [-0.25, -0.2) is 4.39 Å². The number of hydrogen-bond donors (Lipinski definition) is 1. The summed E-state index contributed by atoms with van der Waals surface area (Å²) in [5, 5.41) is 20.5. The van der Waals surface area contributed by atoms with Gasteiger partial charge in [0.2, 0.25) is 5.13 Å². The van der Waals surface area contributed by atoms with E-state index in [4.69, 9.17) is 16.3 Å². The van der Waals surface area contributed by atoms with Crippen molar-refractivity contribution in [2.45, 2.75) is 35.6 Å². The number of ether oxygens (including phenoxy) is 1. The van der Waals surface area contributed by atoms with E-state index in [0.717, 1.165) is 28.2 Å². The molecule has 6 rings (SSSR count). The van der Waals surface area contributed by atoms with Gasteiger partial charge in [0.1, 0.15) is 23.4 Å². The zero-order valence-corrected chi connectivity index (χ0v) is 23.4. The fourth-order valence-corrected chi connectivity index (χ4v) is 6.85. The molecule has 4 aromatic rings. The molecule has 3 aromatic carbocycles. The highest BCUT2D eigenvalue weighted by Crippen LogP contribution is 2.45. The van der Waals surface area contributed by atoms with Crippen LogP contribution < -0.4 is 9.64 Å². The smallest absolute Gasteiger partial charge is 0.301 e. The number of aliphatic hydroxyl groups excluding tert-OH is 1. The van der Waals surface area contributed by atoms with E-state index in [-0.39, 0.29) is 28.4 Å². The zero-order valence-electron chi connectivity index (χ0n) is 21.0. The Labute approximate surface area is 242 Å². The van der Waals surface area contributed by atoms with Crippen molar-refractivity contribution in [1.82, 2.24) is 10.2 Å². The monoisotopic (exact) mass is 593 g/mol. The van der Waals surface area contributed by atoms with Crippen molar-refractivity contribution in [3.8, 4) is 5.75 Å². The Morgan fingerprint density at radius 2 is 1.95 bits per heavy atom. The highest BCUT2D eigenvalue weighted by Gasteiger charge is 2.48. The van der Waals surface area contributed by atoms with E-state index >= 15 is 0 Å². The third-order valence-corrected chi connectivity index (χ3v) is 9.02. The van der Waals surface area contributed by atoms with Gasteiger partial charge in [0.15, 0.2) is 4.34 Å². The minimum Gasteiger partial charge on any atom is -0.507 e. The largest absolute Gasteiger partial charge is 0.507 e. The predicted octanol–water partition coefficient (Wildman–Crippen LogP) is 6.57. The predicted molar refractivity (Wildman–Crippen MR) is 152 cm³/mol. The molecule has 0 bridgehead atoms. The molecule has 2 atom stereocenters. The van der Waals surface area contributed by atoms with Crippen LogP contribution in [0.1, 0.15) is 35.2 Å². The second-order valence-electron chi connectivity index (χ2n) is 9.44. The van der Waals surface area contributed by atoms with Gasteiger partial charge >= 0.3 is 5.91 Å². The SMILES string of the molecule is C[C@H]1Cc2cc(C(O)=C3C(=O)C(=O)N(c4nnc(SCc5ccc(F)cc5)s4)[C@@H]3c3cccc(Cl)c3)ccc2O1. The molecular weight excluding hydrogens is 573 g/mol. The van der Waals surface area contributed by atoms with E-state index in [2.05, 4.69) is 10.2 Å². The minimum absolute atomic E-state index is 0.0111. The molecule has 2 aliphatic rings. The summed E-state index contributed by atoms with van der Waals surface area (Å²) in [6.07, 6.45) is 0.683. The number of ketones is 1. The Hall–Kier alpha value is -3.73. The summed E-state index contributed by atoms with van der Waals surface area (Å²) in [5.74, 6) is -1.00. The molecule has 202 valence electrons. The van der Waals surface area contributed by atoms with E-state index < -0.39 is 17.7 Å². The minimum atomic E-state index is -0.968. The fourth-order valence-electron chi connectivity index (χ4n) is 4.83. The number of fused-ring (bicyclic) bond motifs is 1. The zero-order chi connectivity index (χ0) is 28.0. The van der Waals surface area contributed by atoms with Crippen LogP contribution in [0.3, 0.4) is 0 Å². The van der Waals surface area contributed by atoms with Crippen molar-refractivity contribution in [2.75, 3.05) is 4.90 Å². The average molecular weight is 594 g/mol. The highest BCUT2D eigenvalue weighted by molar-refractivity contribution is 8.00. The first-order valence-electron chi connectivity index (χ1n) is 12.4. The van der Waals surface area contributed by atoms with Gasteiger partial charge < -0.3 is 9.84 Å². The standard InChI is InChI=1S/C29H21ClFN3O4S2/c1-15-11-19-12-18(7-10-22(19)38-15)25(35)23-24(17-3-2-4-20(30)13-17)34(27(37)26(23)36)28-32-33-29(40-28)39-14-16-5-8-21(31)9-6-16/h2-10,12-13,15,24,35H,11,14H2,1H3/t15-,24+/m0/s1. The van der Waals surface area contributed by atoms with E-state index in [0.29, 0.717) is 32.7 Å². The Morgan fingerprint density at radius 3 is 2.73 bits per heavy atom. The van der Waals surface area contributed by atoms with Crippen LogP contribution in [0.4, 0.5) is 9.52 Å². The normalized spacial score (nSPS) is 19.6. The molecule has 3 heterocycles. The summed E-state index contributed by atoms with van der Waals surface area (Å²) in [6, 6.07) is 17.2. The number of halogens is 2. The Morgan fingerprint density at radius 1 is 1.15 bits per heavy atom. The summed E-state index contributed by atoms with van der Waals surface area (Å²) in [7, 11) is 0. The second kappa shape index (κ2) is 10.7. The third kappa shape index (κ3) is 4.98. The van der Waals surface area contributed by atoms with Crippen molar-refractivity contribution in [1.29, 1.82) is 0 Å². The Bertz CT molecular complexity index is 1670. The Balaban J connectivity index is 1.38. The molecule has 0 saturated carbocycles. The van der Waals surface area contributed by atoms with Crippen LogP contribution in [0.5, 0.6) is 5.75 Å². The number of amides is 1. The van der Waals surface area contributed by atoms with Crippen LogP contribution >= 0.6 is 34.7 Å². The van der Waals surface area contributed by atoms with E-state index in [1.54, 1.807) is 54.6 Å². The van der Waals surface area contributed by atoms with Gasteiger partial charge in [0, 0.05) is 22.8 Å². The summed E-state index contributed by atoms with van der Waals surface area (Å²) >= 11 is 8.83. The summed E-state index contributed by atoms with van der Waals surface area (Å²) in [4.78, 5) is 28.2. The van der Waals surface area contributed by atoms with E-state index in [9.17, 15) is 19.1 Å². The number of aromatic nitrogens is 2. The molecular formula is C29H21ClFN3O4S2. The van der Waals surface area contributed by atoms with Crippen LogP contribution in [0.25, 0.3) is 5.76 Å². The summed E-state index contributed by atoms with van der Waals surface area (Å²) < 4.78 is 19.6. The molecule has 1 saturated heterocycles. The van der Waals surface area contributed by atoms with Gasteiger partial charge in [-0.15, -0.1) is 10.2 Å². The topological polar surface area (TPSA) is 92.6 Å². The van der Waals surface area contributed by atoms with Crippen LogP contribution in [-0.2, 0) is 21.8 Å². The number of hydrogen-bond acceptors (Lipinski definition) is 8. The van der Waals surface area contributed by atoms with Crippen LogP contribution in [0.15, 0.2) is 76.6 Å². The molecule has 1 amide bonds. The highest BCUT2D eigenvalue weighted by atomic mass is 35.5. The van der Waals surface area contributed by atoms with Crippen LogP contribution in [-0.4, -0.2) is 33.1 Å². The lowest BCUT2D eigenvalue weighted by Gasteiger charge is -2.22. The van der Waals surface area contributed by atoms with Gasteiger partial charge in [-0.3, -0.25) is 14.5 Å². The van der Waals surface area contributed by atoms with Gasteiger partial charge in [-0.1, -0.05) is 59.0 Å². The van der Waals surface area contributed by atoms with E-state index in [1.807, 2.05) is 6.92 Å². The number of nitrogens with zero attached hydrogens (tertiary/aromatic N) is 3. The fraction of sp³-hybridized carbons (Fsp3) is 0.172. The number of aliphatic hydroxyl groups is 1. The van der Waals surface area contributed by atoms with Gasteiger partial charge in [0.25, 0.3) is 5.78 Å². The number of rotatable bonds is 6. The molecule has 1 aromatic heterocycles. The molecule has 1 N–H and O–H groups in total. The van der Waals surface area contributed by atoms with Gasteiger partial charge in [0.05, 0.1) is 11.6 Å². The number of thioether (sulfide) groups is 1. The van der Waals surface area contributed by atoms with Crippen LogP contribution in [0.2, 0.25) is 5.02 Å². The van der Waals surface area contributed by atoms with Crippen molar-refractivity contribution in [2.24, 2.45) is 0 Å². The van der Waals surface area contributed by atoms with Crippen molar-refractivity contribution >= 4 is 57.3 Å². The average Bonchev–Trinajstić information content (AvgIpc) is 3.63. The maximum atomic E-state index is 13.5. The van der Waals surface area contributed by atoms with Gasteiger partial charge in [-0.2, -0.15) is 0 Å². The number of anilines is 1. The molecule has 0 aliphatic carbocycles. The third-order valence-electron chi connectivity index (χ3n) is 6.66. The Kier molecular flexibility index (Phi) is 7.07. The molecule has 2 aliphatic heterocycles. The number of Topliss-reactive ketones (excluding diaryl/α,β-unsaturated/α-hetero) is 1. The molecule has 40 heavy (non-hydrogen) atoms. The summed E-state index contributed by atoms with van der Waals surface area (Å²) in [6.45, 7) is 1.96. The number of benzene rings is 3. The first-order chi connectivity index (χ1) is 19.3. The second-order valence-corrected chi connectivity index (χ2v) is 12.1. The van der Waals surface area contributed by atoms with Gasteiger partial charge in [-0.05, 0) is 66.1 Å². The molecule has 1 fully saturated rings. The molecule has 0 spiro atoms. The molecule has 11 heteroatoms.